The Labute approximate surface area is 204 Å². The molecule has 0 radical (unpaired) electrons. The number of pyridine rings is 1. The highest BCUT2D eigenvalue weighted by molar-refractivity contribution is 5.83. The van der Waals surface area contributed by atoms with E-state index in [0.29, 0.717) is 42.9 Å². The fraction of sp³-hybridized carbons (Fsp3) is 0.370. The van der Waals surface area contributed by atoms with Crippen molar-refractivity contribution in [3.8, 4) is 5.75 Å². The number of hydrogen-bond donors (Lipinski definition) is 1. The molecular weight excluding hydrogens is 448 g/mol. The number of carbonyl (C=O) groups excluding carboxylic acids is 2. The molecule has 8 nitrogen and oxygen atoms in total. The van der Waals surface area contributed by atoms with Crippen LogP contribution in [0.15, 0.2) is 59.4 Å². The van der Waals surface area contributed by atoms with Crippen LogP contribution in [0, 0.1) is 0 Å². The van der Waals surface area contributed by atoms with Crippen molar-refractivity contribution in [3.63, 3.8) is 0 Å². The molecule has 0 saturated heterocycles. The maximum absolute atomic E-state index is 13.3. The lowest BCUT2D eigenvalue weighted by molar-refractivity contribution is -0.139. The normalized spacial score (nSPS) is 11.2. The zero-order chi connectivity index (χ0) is 25.4. The third-order valence-corrected chi connectivity index (χ3v) is 5.15. The van der Waals surface area contributed by atoms with E-state index in [1.165, 1.54) is 7.11 Å². The molecule has 8 heteroatoms. The SMILES string of the molecule is COC(=O)Cc1cc2ccc(OCCCNC(=O)OC(C)(C)C)cc2n(Cc2ccccc2)c1=O. The third-order valence-electron chi connectivity index (χ3n) is 5.15. The predicted octanol–water partition coefficient (Wildman–Crippen LogP) is 4.06. The number of ether oxygens (including phenoxy) is 3. The van der Waals surface area contributed by atoms with Gasteiger partial charge in [-0.05, 0) is 56.3 Å². The average molecular weight is 481 g/mol. The van der Waals surface area contributed by atoms with Crippen molar-refractivity contribution < 1.29 is 23.8 Å². The van der Waals surface area contributed by atoms with Gasteiger partial charge in [-0.25, -0.2) is 4.79 Å². The molecule has 0 saturated carbocycles. The number of nitrogens with zero attached hydrogens (tertiary/aromatic N) is 1. The first-order chi connectivity index (χ1) is 16.7. The number of aromatic nitrogens is 1. The van der Waals surface area contributed by atoms with Crippen LogP contribution >= 0.6 is 0 Å². The van der Waals surface area contributed by atoms with Crippen molar-refractivity contribution in [2.45, 2.75) is 45.8 Å². The molecular formula is C27H32N2O6. The Hall–Kier alpha value is -3.81. The Morgan fingerprint density at radius 2 is 1.77 bits per heavy atom. The summed E-state index contributed by atoms with van der Waals surface area (Å²) >= 11 is 0. The summed E-state index contributed by atoms with van der Waals surface area (Å²) in [6.45, 7) is 6.58. The first-order valence-electron chi connectivity index (χ1n) is 11.5. The van der Waals surface area contributed by atoms with Crippen LogP contribution in [-0.4, -0.2) is 42.5 Å². The molecule has 0 unspecified atom stereocenters. The summed E-state index contributed by atoms with van der Waals surface area (Å²) in [7, 11) is 1.30. The van der Waals surface area contributed by atoms with Crippen LogP contribution < -0.4 is 15.6 Å². The predicted molar refractivity (Wildman–Crippen MR) is 134 cm³/mol. The van der Waals surface area contributed by atoms with Crippen molar-refractivity contribution in [1.29, 1.82) is 0 Å². The van der Waals surface area contributed by atoms with Crippen molar-refractivity contribution in [3.05, 3.63) is 76.1 Å². The molecule has 0 aliphatic rings. The molecule has 3 aromatic rings. The molecule has 1 amide bonds. The summed E-state index contributed by atoms with van der Waals surface area (Å²) < 4.78 is 17.5. The zero-order valence-corrected chi connectivity index (χ0v) is 20.6. The number of nitrogens with one attached hydrogen (secondary N) is 1. The second-order valence-corrected chi connectivity index (χ2v) is 9.15. The number of alkyl carbamates (subject to hydrolysis) is 1. The summed E-state index contributed by atoms with van der Waals surface area (Å²) in [5.74, 6) is 0.143. The lowest BCUT2D eigenvalue weighted by atomic mass is 10.1. The quantitative estimate of drug-likeness (QED) is 0.367. The maximum atomic E-state index is 13.3. The van der Waals surface area contributed by atoms with E-state index in [1.54, 1.807) is 10.6 Å². The number of methoxy groups -OCH3 is 1. The van der Waals surface area contributed by atoms with Gasteiger partial charge in [0.2, 0.25) is 0 Å². The number of hydrogen-bond acceptors (Lipinski definition) is 6. The van der Waals surface area contributed by atoms with Crippen LogP contribution in [0.25, 0.3) is 10.9 Å². The van der Waals surface area contributed by atoms with E-state index in [2.05, 4.69) is 5.32 Å². The molecule has 0 aliphatic heterocycles. The molecule has 1 N–H and O–H groups in total. The van der Waals surface area contributed by atoms with Gasteiger partial charge >= 0.3 is 12.1 Å². The Morgan fingerprint density at radius 1 is 1.03 bits per heavy atom. The highest BCUT2D eigenvalue weighted by Gasteiger charge is 2.16. The minimum atomic E-state index is -0.544. The average Bonchev–Trinajstić information content (AvgIpc) is 2.81. The van der Waals surface area contributed by atoms with Crippen molar-refractivity contribution >= 4 is 23.0 Å². The van der Waals surface area contributed by atoms with E-state index in [1.807, 2.05) is 69.3 Å². The number of esters is 1. The van der Waals surface area contributed by atoms with Gasteiger partial charge in [-0.1, -0.05) is 30.3 Å². The first kappa shape index (κ1) is 25.8. The number of rotatable bonds is 9. The summed E-state index contributed by atoms with van der Waals surface area (Å²) in [6, 6.07) is 16.9. The smallest absolute Gasteiger partial charge is 0.407 e. The largest absolute Gasteiger partial charge is 0.493 e. The lowest BCUT2D eigenvalue weighted by Gasteiger charge is -2.19. The fourth-order valence-corrected chi connectivity index (χ4v) is 3.55. The molecule has 1 heterocycles. The van der Waals surface area contributed by atoms with Crippen LogP contribution in [0.5, 0.6) is 5.75 Å². The Bertz CT molecular complexity index is 1230. The van der Waals surface area contributed by atoms with Gasteiger partial charge in [0.05, 0.1) is 32.2 Å². The van der Waals surface area contributed by atoms with Crippen LogP contribution in [0.3, 0.4) is 0 Å². The van der Waals surface area contributed by atoms with Gasteiger partial charge in [0.15, 0.2) is 0 Å². The molecule has 0 atom stereocenters. The molecule has 3 rings (SSSR count). The number of benzene rings is 2. The Morgan fingerprint density at radius 3 is 2.46 bits per heavy atom. The second-order valence-electron chi connectivity index (χ2n) is 9.15. The molecule has 35 heavy (non-hydrogen) atoms. The second kappa shape index (κ2) is 11.6. The number of carbonyl (C=O) groups is 2. The van der Waals surface area contributed by atoms with Crippen molar-refractivity contribution in [1.82, 2.24) is 9.88 Å². The van der Waals surface area contributed by atoms with E-state index >= 15 is 0 Å². The topological polar surface area (TPSA) is 95.9 Å². The van der Waals surface area contributed by atoms with E-state index in [9.17, 15) is 14.4 Å². The molecule has 1 aromatic heterocycles. The van der Waals surface area contributed by atoms with Gasteiger partial charge in [0, 0.05) is 18.2 Å². The zero-order valence-electron chi connectivity index (χ0n) is 20.6. The molecule has 0 bridgehead atoms. The summed E-state index contributed by atoms with van der Waals surface area (Å²) in [4.78, 5) is 36.9. The minimum Gasteiger partial charge on any atom is -0.493 e. The van der Waals surface area contributed by atoms with Crippen molar-refractivity contribution in [2.75, 3.05) is 20.3 Å². The molecule has 2 aromatic carbocycles. The highest BCUT2D eigenvalue weighted by Crippen LogP contribution is 2.22. The Kier molecular flexibility index (Phi) is 8.52. The molecule has 186 valence electrons. The molecule has 0 spiro atoms. The minimum absolute atomic E-state index is 0.0943. The summed E-state index contributed by atoms with van der Waals surface area (Å²) in [6.07, 6.45) is 0.0330. The summed E-state index contributed by atoms with van der Waals surface area (Å²) in [5, 5.41) is 3.52. The van der Waals surface area contributed by atoms with Gasteiger partial charge in [0.25, 0.3) is 5.56 Å². The van der Waals surface area contributed by atoms with Crippen LogP contribution in [0.4, 0.5) is 4.79 Å². The van der Waals surface area contributed by atoms with Gasteiger partial charge in [0.1, 0.15) is 11.4 Å². The monoisotopic (exact) mass is 480 g/mol. The van der Waals surface area contributed by atoms with Gasteiger partial charge in [-0.2, -0.15) is 0 Å². The highest BCUT2D eigenvalue weighted by atomic mass is 16.6. The van der Waals surface area contributed by atoms with E-state index in [-0.39, 0.29) is 12.0 Å². The van der Waals surface area contributed by atoms with E-state index in [4.69, 9.17) is 14.2 Å². The van der Waals surface area contributed by atoms with E-state index in [0.717, 1.165) is 10.9 Å². The van der Waals surface area contributed by atoms with Crippen LogP contribution in [-0.2, 0) is 27.2 Å². The Balaban J connectivity index is 1.77. The maximum Gasteiger partial charge on any atom is 0.407 e. The van der Waals surface area contributed by atoms with Crippen LogP contribution in [0.1, 0.15) is 38.3 Å². The third kappa shape index (κ3) is 7.60. The van der Waals surface area contributed by atoms with Crippen molar-refractivity contribution in [2.24, 2.45) is 0 Å². The lowest BCUT2D eigenvalue weighted by Crippen LogP contribution is -2.33. The fourth-order valence-electron chi connectivity index (χ4n) is 3.55. The van der Waals surface area contributed by atoms with Gasteiger partial charge < -0.3 is 24.1 Å². The van der Waals surface area contributed by atoms with Gasteiger partial charge in [-0.3, -0.25) is 9.59 Å². The first-order valence-corrected chi connectivity index (χ1v) is 11.5. The molecule has 0 aliphatic carbocycles. The molecule has 0 fully saturated rings. The van der Waals surface area contributed by atoms with Gasteiger partial charge in [-0.15, -0.1) is 0 Å². The number of fused-ring (bicyclic) bond motifs is 1. The van der Waals surface area contributed by atoms with E-state index < -0.39 is 17.7 Å². The summed E-state index contributed by atoms with van der Waals surface area (Å²) in [5.41, 5.74) is 1.26. The van der Waals surface area contributed by atoms with Crippen LogP contribution in [0.2, 0.25) is 0 Å². The standard InChI is InChI=1S/C27H32N2O6/c1-27(2,3)35-26(32)28-13-8-14-34-22-12-11-20-15-21(16-24(30)33-4)25(31)29(23(20)17-22)18-19-9-6-5-7-10-19/h5-7,9-12,15,17H,8,13-14,16,18H2,1-4H3,(H,28,32). The number of amides is 1.